The molecule has 3 aromatic rings. The van der Waals surface area contributed by atoms with Crippen LogP contribution in [0, 0.1) is 13.8 Å². The van der Waals surface area contributed by atoms with Gasteiger partial charge in [0.25, 0.3) is 5.91 Å². The van der Waals surface area contributed by atoms with Crippen molar-refractivity contribution in [3.05, 3.63) is 71.2 Å². The lowest BCUT2D eigenvalue weighted by Gasteiger charge is -2.11. The predicted molar refractivity (Wildman–Crippen MR) is 88.4 cm³/mol. The molecule has 3 rings (SSSR count). The van der Waals surface area contributed by atoms with E-state index in [1.54, 1.807) is 10.6 Å². The number of aromatic nitrogens is 2. The molecule has 1 atom stereocenters. The highest BCUT2D eigenvalue weighted by Gasteiger charge is 2.13. The maximum atomic E-state index is 12.2. The fraction of sp³-hybridized carbons (Fsp3) is 0.222. The number of rotatable bonds is 4. The zero-order valence-electron chi connectivity index (χ0n) is 13.2. The van der Waals surface area contributed by atoms with Gasteiger partial charge in [-0.2, -0.15) is 0 Å². The second kappa shape index (κ2) is 6.22. The summed E-state index contributed by atoms with van der Waals surface area (Å²) in [5.74, 6) is -0.294. The van der Waals surface area contributed by atoms with Crippen LogP contribution in [-0.2, 0) is 0 Å². The maximum Gasteiger partial charge on any atom is 0.271 e. The van der Waals surface area contributed by atoms with Gasteiger partial charge in [-0.25, -0.2) is 4.98 Å². The summed E-state index contributed by atoms with van der Waals surface area (Å²) in [4.78, 5) is 16.5. The normalized spacial score (nSPS) is 12.3. The van der Waals surface area contributed by atoms with Crippen molar-refractivity contribution >= 4 is 11.6 Å². The summed E-state index contributed by atoms with van der Waals surface area (Å²) in [6.45, 7) is 4.12. The molecule has 0 radical (unpaired) electrons. The molecule has 5 nitrogen and oxygen atoms in total. The number of carbonyl (C=O) groups is 1. The zero-order valence-corrected chi connectivity index (χ0v) is 13.2. The van der Waals surface area contributed by atoms with E-state index >= 15 is 0 Å². The largest absolute Gasteiger partial charge is 0.387 e. The van der Waals surface area contributed by atoms with Crippen molar-refractivity contribution < 1.29 is 9.90 Å². The van der Waals surface area contributed by atoms with Crippen LogP contribution in [0.5, 0.6) is 0 Å². The molecular weight excluding hydrogens is 290 g/mol. The number of fused-ring (bicyclic) bond motifs is 1. The molecule has 0 fully saturated rings. The highest BCUT2D eigenvalue weighted by molar-refractivity contribution is 5.92. The van der Waals surface area contributed by atoms with Crippen molar-refractivity contribution in [3.63, 3.8) is 0 Å². The minimum atomic E-state index is -0.737. The number of imidazole rings is 1. The van der Waals surface area contributed by atoms with E-state index in [2.05, 4.69) is 10.3 Å². The number of aliphatic hydroxyl groups is 1. The summed E-state index contributed by atoms with van der Waals surface area (Å²) in [6, 6.07) is 11.5. The second-order valence-electron chi connectivity index (χ2n) is 5.73. The third-order valence-electron chi connectivity index (χ3n) is 3.77. The van der Waals surface area contributed by atoms with Gasteiger partial charge in [-0.15, -0.1) is 0 Å². The molecule has 0 spiro atoms. The molecule has 0 aliphatic rings. The Morgan fingerprint density at radius 1 is 1.22 bits per heavy atom. The minimum absolute atomic E-state index is 0.148. The van der Waals surface area contributed by atoms with Crippen molar-refractivity contribution in [3.8, 4) is 0 Å². The average Bonchev–Trinajstić information content (AvgIpc) is 2.96. The number of pyridine rings is 1. The molecule has 118 valence electrons. The number of nitrogens with one attached hydrogen (secondary N) is 1. The van der Waals surface area contributed by atoms with E-state index in [1.165, 1.54) is 0 Å². The third-order valence-corrected chi connectivity index (χ3v) is 3.77. The van der Waals surface area contributed by atoms with Gasteiger partial charge in [0, 0.05) is 18.9 Å². The first kappa shape index (κ1) is 15.2. The molecule has 1 aromatic carbocycles. The van der Waals surface area contributed by atoms with Crippen LogP contribution in [0.25, 0.3) is 5.65 Å². The van der Waals surface area contributed by atoms with E-state index in [-0.39, 0.29) is 12.5 Å². The molecule has 2 N–H and O–H groups in total. The van der Waals surface area contributed by atoms with Crippen molar-refractivity contribution in [1.82, 2.24) is 14.7 Å². The van der Waals surface area contributed by atoms with Gasteiger partial charge in [-0.3, -0.25) is 4.79 Å². The monoisotopic (exact) mass is 309 g/mol. The number of hydrogen-bond donors (Lipinski definition) is 2. The van der Waals surface area contributed by atoms with Crippen molar-refractivity contribution in [1.29, 1.82) is 0 Å². The molecule has 0 saturated heterocycles. The minimum Gasteiger partial charge on any atom is -0.387 e. The Labute approximate surface area is 134 Å². The average molecular weight is 309 g/mol. The van der Waals surface area contributed by atoms with Crippen molar-refractivity contribution in [2.45, 2.75) is 20.0 Å². The lowest BCUT2D eigenvalue weighted by Crippen LogP contribution is -2.28. The van der Waals surface area contributed by atoms with Crippen LogP contribution >= 0.6 is 0 Å². The van der Waals surface area contributed by atoms with E-state index in [9.17, 15) is 9.90 Å². The Morgan fingerprint density at radius 3 is 2.70 bits per heavy atom. The molecular formula is C18H19N3O2. The fourth-order valence-electron chi connectivity index (χ4n) is 2.38. The number of nitrogens with zero attached hydrogens (tertiary/aromatic N) is 2. The van der Waals surface area contributed by atoms with E-state index in [4.69, 9.17) is 0 Å². The Hall–Kier alpha value is -2.66. The maximum absolute atomic E-state index is 12.2. The van der Waals surface area contributed by atoms with Gasteiger partial charge in [0.05, 0.1) is 6.10 Å². The van der Waals surface area contributed by atoms with Crippen LogP contribution in [-0.4, -0.2) is 26.9 Å². The summed E-state index contributed by atoms with van der Waals surface area (Å²) in [6.07, 6.45) is 2.82. The molecule has 0 aliphatic heterocycles. The molecule has 23 heavy (non-hydrogen) atoms. The molecule has 1 amide bonds. The smallest absolute Gasteiger partial charge is 0.271 e. The summed E-state index contributed by atoms with van der Waals surface area (Å²) < 4.78 is 1.80. The summed E-state index contributed by atoms with van der Waals surface area (Å²) in [5.41, 5.74) is 4.07. The van der Waals surface area contributed by atoms with E-state index in [0.717, 1.165) is 22.3 Å². The zero-order chi connectivity index (χ0) is 16.4. The standard InChI is InChI=1S/C18H19N3O2/c1-12-3-5-14(6-4-12)16(22)10-19-18(23)15-11-21-8-7-13(2)9-17(21)20-15/h3-9,11,16,22H,10H2,1-2H3,(H,19,23)/t16-/m0/s1. The van der Waals surface area contributed by atoms with Gasteiger partial charge in [-0.05, 0) is 37.1 Å². The molecule has 0 aliphatic carbocycles. The first-order valence-electron chi connectivity index (χ1n) is 7.51. The van der Waals surface area contributed by atoms with Crippen LogP contribution in [0.2, 0.25) is 0 Å². The van der Waals surface area contributed by atoms with Crippen LogP contribution < -0.4 is 5.32 Å². The molecule has 5 heteroatoms. The predicted octanol–water partition coefficient (Wildman–Crippen LogP) is 2.41. The molecule has 0 bridgehead atoms. The quantitative estimate of drug-likeness (QED) is 0.778. The van der Waals surface area contributed by atoms with E-state index in [1.807, 2.05) is 56.4 Å². The van der Waals surface area contributed by atoms with Gasteiger partial charge in [0.15, 0.2) is 0 Å². The van der Waals surface area contributed by atoms with Gasteiger partial charge in [0.2, 0.25) is 0 Å². The lowest BCUT2D eigenvalue weighted by atomic mass is 10.1. The van der Waals surface area contributed by atoms with Crippen molar-refractivity contribution in [2.24, 2.45) is 0 Å². The fourth-order valence-corrected chi connectivity index (χ4v) is 2.38. The van der Waals surface area contributed by atoms with Gasteiger partial charge >= 0.3 is 0 Å². The molecule has 2 heterocycles. The Morgan fingerprint density at radius 2 is 1.96 bits per heavy atom. The summed E-state index contributed by atoms with van der Waals surface area (Å²) >= 11 is 0. The second-order valence-corrected chi connectivity index (χ2v) is 5.73. The topological polar surface area (TPSA) is 66.6 Å². The van der Waals surface area contributed by atoms with Crippen LogP contribution in [0.3, 0.4) is 0 Å². The third kappa shape index (κ3) is 3.40. The van der Waals surface area contributed by atoms with E-state index < -0.39 is 6.10 Å². The van der Waals surface area contributed by atoms with Crippen molar-refractivity contribution in [2.75, 3.05) is 6.54 Å². The van der Waals surface area contributed by atoms with Gasteiger partial charge in [0.1, 0.15) is 11.3 Å². The first-order chi connectivity index (χ1) is 11.0. The first-order valence-corrected chi connectivity index (χ1v) is 7.51. The SMILES string of the molecule is Cc1ccc([C@@H](O)CNC(=O)c2cn3ccc(C)cc3n2)cc1. The number of hydrogen-bond acceptors (Lipinski definition) is 3. The molecule has 0 saturated carbocycles. The van der Waals surface area contributed by atoms with Crippen LogP contribution in [0.4, 0.5) is 0 Å². The van der Waals surface area contributed by atoms with Gasteiger partial charge in [-0.1, -0.05) is 29.8 Å². The highest BCUT2D eigenvalue weighted by atomic mass is 16.3. The van der Waals surface area contributed by atoms with E-state index in [0.29, 0.717) is 5.69 Å². The van der Waals surface area contributed by atoms with Gasteiger partial charge < -0.3 is 14.8 Å². The number of amides is 1. The Kier molecular flexibility index (Phi) is 4.12. The number of carbonyl (C=O) groups excluding carboxylic acids is 1. The summed E-state index contributed by atoms with van der Waals surface area (Å²) in [5, 5.41) is 12.9. The van der Waals surface area contributed by atoms with Crippen LogP contribution in [0.1, 0.15) is 33.3 Å². The number of aliphatic hydroxyl groups excluding tert-OH is 1. The highest BCUT2D eigenvalue weighted by Crippen LogP contribution is 2.13. The molecule has 2 aromatic heterocycles. The Balaban J connectivity index is 1.67. The lowest BCUT2D eigenvalue weighted by molar-refractivity contribution is 0.0912. The van der Waals surface area contributed by atoms with Crippen LogP contribution in [0.15, 0.2) is 48.8 Å². The Bertz CT molecular complexity index is 837. The summed E-state index contributed by atoms with van der Waals surface area (Å²) in [7, 11) is 0. The molecule has 0 unspecified atom stereocenters. The number of benzene rings is 1. The number of aryl methyl sites for hydroxylation is 2.